The summed E-state index contributed by atoms with van der Waals surface area (Å²) in [6.45, 7) is 3.06. The average Bonchev–Trinajstić information content (AvgIpc) is 3.16. The number of esters is 2. The minimum Gasteiger partial charge on any atom is -0.466 e. The summed E-state index contributed by atoms with van der Waals surface area (Å²) < 4.78 is 25.8. The smallest absolute Gasteiger partial charge is 0.373 e. The van der Waals surface area contributed by atoms with Crippen molar-refractivity contribution in [2.24, 2.45) is 0 Å². The summed E-state index contributed by atoms with van der Waals surface area (Å²) in [5.74, 6) is -2.44. The fourth-order valence-electron chi connectivity index (χ4n) is 3.18. The van der Waals surface area contributed by atoms with Gasteiger partial charge in [-0.25, -0.2) is 9.59 Å². The number of furan rings is 1. The van der Waals surface area contributed by atoms with Crippen molar-refractivity contribution in [3.8, 4) is 0 Å². The molecule has 0 aliphatic carbocycles. The molecule has 0 bridgehead atoms. The summed E-state index contributed by atoms with van der Waals surface area (Å²) in [6.07, 6.45) is -0.921. The third-order valence-electron chi connectivity index (χ3n) is 4.34. The van der Waals surface area contributed by atoms with E-state index in [9.17, 15) is 14.4 Å². The molecule has 0 spiro atoms. The van der Waals surface area contributed by atoms with E-state index in [-0.39, 0.29) is 28.6 Å². The van der Waals surface area contributed by atoms with Crippen LogP contribution < -0.4 is 5.32 Å². The molecule has 1 atom stereocenters. The first-order valence-corrected chi connectivity index (χ1v) is 8.35. The number of carbonyl (C=O) groups excluding carboxylic acids is 3. The average molecular weight is 393 g/mol. The third kappa shape index (κ3) is 3.85. The summed E-state index contributed by atoms with van der Waals surface area (Å²) in [5, 5.41) is 3.01. The fraction of sp³-hybridized carbons (Fsp3) is 0.421. The molecule has 0 radical (unpaired) electrons. The van der Waals surface area contributed by atoms with Crippen molar-refractivity contribution in [3.05, 3.63) is 46.2 Å². The van der Waals surface area contributed by atoms with E-state index in [0.29, 0.717) is 11.3 Å². The van der Waals surface area contributed by atoms with Gasteiger partial charge in [0.25, 0.3) is 0 Å². The molecule has 1 N–H and O–H groups in total. The lowest BCUT2D eigenvalue weighted by Gasteiger charge is -2.32. The molecule has 28 heavy (non-hydrogen) atoms. The monoisotopic (exact) mass is 393 g/mol. The van der Waals surface area contributed by atoms with Crippen molar-refractivity contribution in [3.63, 3.8) is 0 Å². The molecular formula is C19H23NO8. The molecule has 0 fully saturated rings. The zero-order valence-electron chi connectivity index (χ0n) is 16.6. The molecule has 0 saturated carbocycles. The Morgan fingerprint density at radius 3 is 2.11 bits per heavy atom. The van der Waals surface area contributed by atoms with Gasteiger partial charge < -0.3 is 28.7 Å². The summed E-state index contributed by atoms with van der Waals surface area (Å²) in [4.78, 5) is 36.8. The van der Waals surface area contributed by atoms with Crippen LogP contribution in [0.3, 0.4) is 0 Å². The molecule has 2 heterocycles. The van der Waals surface area contributed by atoms with Gasteiger partial charge >= 0.3 is 11.9 Å². The summed E-state index contributed by atoms with van der Waals surface area (Å²) in [7, 11) is 5.27. The summed E-state index contributed by atoms with van der Waals surface area (Å²) >= 11 is 0. The highest BCUT2D eigenvalue weighted by Gasteiger charge is 2.41. The van der Waals surface area contributed by atoms with E-state index in [1.54, 1.807) is 6.92 Å². The number of methoxy groups -OCH3 is 4. The number of nitrogens with one attached hydrogen (secondary N) is 1. The SMILES string of the molecule is COC(=O)C1=C(C(OC)OC)NC(C)=C(C(C)=O)C1c1ccc(C(=O)OC)o1. The van der Waals surface area contributed by atoms with Crippen molar-refractivity contribution in [1.82, 2.24) is 5.32 Å². The van der Waals surface area contributed by atoms with Crippen LogP contribution in [0, 0.1) is 0 Å². The number of ether oxygens (including phenoxy) is 4. The quantitative estimate of drug-likeness (QED) is 0.546. The minimum absolute atomic E-state index is 0.0580. The van der Waals surface area contributed by atoms with Crippen molar-refractivity contribution in [1.29, 1.82) is 0 Å². The number of hydrogen-bond acceptors (Lipinski definition) is 9. The Kier molecular flexibility index (Phi) is 6.76. The highest BCUT2D eigenvalue weighted by Crippen LogP contribution is 2.40. The van der Waals surface area contributed by atoms with E-state index in [0.717, 1.165) is 0 Å². The molecule has 9 heteroatoms. The lowest BCUT2D eigenvalue weighted by molar-refractivity contribution is -0.137. The van der Waals surface area contributed by atoms with Crippen LogP contribution in [0.15, 0.2) is 39.1 Å². The predicted octanol–water partition coefficient (Wildman–Crippen LogP) is 1.66. The van der Waals surface area contributed by atoms with Crippen LogP contribution in [-0.4, -0.2) is 52.5 Å². The van der Waals surface area contributed by atoms with Crippen molar-refractivity contribution in [2.75, 3.05) is 28.4 Å². The van der Waals surface area contributed by atoms with E-state index < -0.39 is 24.1 Å². The number of carbonyl (C=O) groups is 3. The second-order valence-electron chi connectivity index (χ2n) is 5.97. The fourth-order valence-corrected chi connectivity index (χ4v) is 3.18. The molecular weight excluding hydrogens is 370 g/mol. The topological polar surface area (TPSA) is 113 Å². The van der Waals surface area contributed by atoms with Gasteiger partial charge in [0, 0.05) is 25.5 Å². The van der Waals surface area contributed by atoms with Crippen LogP contribution in [0.4, 0.5) is 0 Å². The molecule has 2 rings (SSSR count). The molecule has 1 unspecified atom stereocenters. The largest absolute Gasteiger partial charge is 0.466 e. The Labute approximate surface area is 162 Å². The van der Waals surface area contributed by atoms with Crippen LogP contribution in [0.5, 0.6) is 0 Å². The van der Waals surface area contributed by atoms with E-state index >= 15 is 0 Å². The van der Waals surface area contributed by atoms with Crippen LogP contribution in [0.2, 0.25) is 0 Å². The third-order valence-corrected chi connectivity index (χ3v) is 4.34. The number of Topliss-reactive ketones (excluding diaryl/α,β-unsaturated/α-hetero) is 1. The van der Waals surface area contributed by atoms with Gasteiger partial charge in [-0.15, -0.1) is 0 Å². The predicted molar refractivity (Wildman–Crippen MR) is 96.2 cm³/mol. The van der Waals surface area contributed by atoms with Gasteiger partial charge in [-0.2, -0.15) is 0 Å². The highest BCUT2D eigenvalue weighted by atomic mass is 16.7. The van der Waals surface area contributed by atoms with Crippen LogP contribution in [0.25, 0.3) is 0 Å². The molecule has 0 saturated heterocycles. The Morgan fingerprint density at radius 2 is 1.61 bits per heavy atom. The summed E-state index contributed by atoms with van der Waals surface area (Å²) in [5.41, 5.74) is 1.15. The van der Waals surface area contributed by atoms with Crippen LogP contribution in [-0.2, 0) is 28.5 Å². The Morgan fingerprint density at radius 1 is 1.00 bits per heavy atom. The van der Waals surface area contributed by atoms with Gasteiger partial charge in [-0.05, 0) is 26.0 Å². The molecule has 9 nitrogen and oxygen atoms in total. The van der Waals surface area contributed by atoms with E-state index in [2.05, 4.69) is 10.1 Å². The lowest BCUT2D eigenvalue weighted by atomic mass is 9.81. The number of rotatable bonds is 7. The normalized spacial score (nSPS) is 16.9. The molecule has 0 aromatic carbocycles. The van der Waals surface area contributed by atoms with E-state index in [1.165, 1.54) is 47.5 Å². The Balaban J connectivity index is 2.75. The minimum atomic E-state index is -0.924. The van der Waals surface area contributed by atoms with Crippen molar-refractivity contribution in [2.45, 2.75) is 26.1 Å². The van der Waals surface area contributed by atoms with Gasteiger partial charge in [0.15, 0.2) is 12.1 Å². The first-order chi connectivity index (χ1) is 13.3. The number of hydrogen-bond donors (Lipinski definition) is 1. The first kappa shape index (κ1) is 21.4. The molecule has 1 aliphatic rings. The van der Waals surface area contributed by atoms with E-state index in [1.807, 2.05) is 0 Å². The number of dihydropyridines is 1. The Bertz CT molecular complexity index is 844. The Hall–Kier alpha value is -2.91. The molecule has 152 valence electrons. The molecule has 1 aromatic rings. The van der Waals surface area contributed by atoms with Crippen LogP contribution >= 0.6 is 0 Å². The lowest BCUT2D eigenvalue weighted by Crippen LogP contribution is -2.37. The number of ketones is 1. The maximum absolute atomic E-state index is 12.7. The van der Waals surface area contributed by atoms with Gasteiger partial charge in [-0.1, -0.05) is 0 Å². The highest BCUT2D eigenvalue weighted by molar-refractivity contribution is 6.02. The molecule has 1 aromatic heterocycles. The van der Waals surface area contributed by atoms with Gasteiger partial charge in [-0.3, -0.25) is 4.79 Å². The molecule has 0 amide bonds. The van der Waals surface area contributed by atoms with Gasteiger partial charge in [0.2, 0.25) is 5.76 Å². The van der Waals surface area contributed by atoms with Gasteiger partial charge in [0.05, 0.1) is 31.4 Å². The van der Waals surface area contributed by atoms with Crippen molar-refractivity contribution >= 4 is 17.7 Å². The first-order valence-electron chi connectivity index (χ1n) is 8.35. The van der Waals surface area contributed by atoms with E-state index in [4.69, 9.17) is 18.6 Å². The zero-order valence-corrected chi connectivity index (χ0v) is 16.6. The maximum Gasteiger partial charge on any atom is 0.373 e. The van der Waals surface area contributed by atoms with Crippen LogP contribution in [0.1, 0.15) is 36.1 Å². The second kappa shape index (κ2) is 8.85. The van der Waals surface area contributed by atoms with Crippen molar-refractivity contribution < 1.29 is 37.7 Å². The maximum atomic E-state index is 12.7. The summed E-state index contributed by atoms with van der Waals surface area (Å²) in [6, 6.07) is 2.92. The standard InChI is InChI=1S/C19H23NO8/c1-9-13(10(2)21)14(11-7-8-12(28-11)17(22)24-3)15(18(23)25-4)16(20-9)19(26-5)27-6/h7-8,14,19-20H,1-6H3. The van der Waals surface area contributed by atoms with Gasteiger partial charge in [0.1, 0.15) is 5.76 Å². The second-order valence-corrected chi connectivity index (χ2v) is 5.97. The molecule has 1 aliphatic heterocycles. The zero-order chi connectivity index (χ0) is 21.0. The number of allylic oxidation sites excluding steroid dienone is 2.